The Hall–Kier alpha value is -0.830. The van der Waals surface area contributed by atoms with Gasteiger partial charge in [0.25, 0.3) is 0 Å². The molecule has 16 heavy (non-hydrogen) atoms. The normalized spacial score (nSPS) is 19.9. The minimum Gasteiger partial charge on any atom is -0.324 e. The third-order valence-corrected chi connectivity index (χ3v) is 3.69. The molecule has 0 aliphatic heterocycles. The molecule has 2 rings (SSSR count). The van der Waals surface area contributed by atoms with E-state index in [0.29, 0.717) is 0 Å². The van der Waals surface area contributed by atoms with Crippen LogP contribution in [0.15, 0.2) is 12.4 Å². The molecule has 1 aliphatic carbocycles. The maximum Gasteiger partial charge on any atom is 0.0537 e. The third kappa shape index (κ3) is 2.85. The molecule has 90 valence electrons. The molecule has 1 unspecified atom stereocenters. The molecule has 0 saturated heterocycles. The highest BCUT2D eigenvalue weighted by molar-refractivity contribution is 5.09. The third-order valence-electron chi connectivity index (χ3n) is 3.69. The van der Waals surface area contributed by atoms with E-state index in [0.717, 1.165) is 18.9 Å². The maximum atomic E-state index is 5.99. The molecular formula is C13H23N3. The fourth-order valence-electron chi connectivity index (χ4n) is 2.54. The summed E-state index contributed by atoms with van der Waals surface area (Å²) in [5.41, 5.74) is 7.17. The average Bonchev–Trinajstić information content (AvgIpc) is 2.78. The van der Waals surface area contributed by atoms with E-state index in [2.05, 4.69) is 22.9 Å². The lowest BCUT2D eigenvalue weighted by molar-refractivity contribution is 0.308. The van der Waals surface area contributed by atoms with Crippen molar-refractivity contribution in [3.8, 4) is 0 Å². The lowest BCUT2D eigenvalue weighted by Gasteiger charge is -2.21. The molecule has 1 aromatic rings. The summed E-state index contributed by atoms with van der Waals surface area (Å²) in [7, 11) is 0. The van der Waals surface area contributed by atoms with Gasteiger partial charge in [0.2, 0.25) is 0 Å². The van der Waals surface area contributed by atoms with Crippen LogP contribution in [0.1, 0.15) is 57.1 Å². The van der Waals surface area contributed by atoms with Crippen LogP contribution in [0, 0.1) is 5.92 Å². The minimum absolute atomic E-state index is 0.153. The van der Waals surface area contributed by atoms with Gasteiger partial charge in [0, 0.05) is 24.3 Å². The summed E-state index contributed by atoms with van der Waals surface area (Å²) in [6.45, 7) is 3.19. The maximum absolute atomic E-state index is 5.99. The van der Waals surface area contributed by atoms with Gasteiger partial charge in [-0.1, -0.05) is 26.2 Å². The summed E-state index contributed by atoms with van der Waals surface area (Å²) in [4.78, 5) is 0. The molecule has 1 aromatic heterocycles. The molecule has 3 heteroatoms. The number of nitrogens with two attached hydrogens (primary N) is 1. The zero-order valence-electron chi connectivity index (χ0n) is 10.2. The van der Waals surface area contributed by atoms with Crippen LogP contribution in [0.3, 0.4) is 0 Å². The Morgan fingerprint density at radius 1 is 1.44 bits per heavy atom. The first-order chi connectivity index (χ1) is 7.79. The van der Waals surface area contributed by atoms with Crippen LogP contribution in [0.2, 0.25) is 0 Å². The van der Waals surface area contributed by atoms with Crippen LogP contribution in [-0.2, 0) is 6.54 Å². The Morgan fingerprint density at radius 3 is 2.88 bits per heavy atom. The summed E-state index contributed by atoms with van der Waals surface area (Å²) in [6, 6.07) is 0.153. The molecule has 0 aromatic carbocycles. The van der Waals surface area contributed by atoms with Crippen molar-refractivity contribution in [3.63, 3.8) is 0 Å². The second-order valence-corrected chi connectivity index (χ2v) is 5.01. The van der Waals surface area contributed by atoms with E-state index in [1.165, 1.54) is 37.7 Å². The van der Waals surface area contributed by atoms with E-state index in [-0.39, 0.29) is 6.04 Å². The van der Waals surface area contributed by atoms with Gasteiger partial charge < -0.3 is 5.73 Å². The number of hydrogen-bond acceptors (Lipinski definition) is 2. The number of hydrogen-bond donors (Lipinski definition) is 1. The molecule has 1 aliphatic rings. The molecule has 0 amide bonds. The molecule has 0 bridgehead atoms. The SMILES string of the molecule is CCC(N)c1cnn(CC2CCCCC2)c1. The Kier molecular flexibility index (Phi) is 3.99. The smallest absolute Gasteiger partial charge is 0.0537 e. The number of aromatic nitrogens is 2. The van der Waals surface area contributed by atoms with Gasteiger partial charge in [0.1, 0.15) is 0 Å². The summed E-state index contributed by atoms with van der Waals surface area (Å²) in [5, 5.41) is 4.42. The lowest BCUT2D eigenvalue weighted by atomic mass is 9.89. The van der Waals surface area contributed by atoms with Crippen LogP contribution >= 0.6 is 0 Å². The second-order valence-electron chi connectivity index (χ2n) is 5.01. The molecule has 0 spiro atoms. The average molecular weight is 221 g/mol. The molecular weight excluding hydrogens is 198 g/mol. The van der Waals surface area contributed by atoms with Gasteiger partial charge in [-0.05, 0) is 25.2 Å². The largest absolute Gasteiger partial charge is 0.324 e. The predicted molar refractivity (Wildman–Crippen MR) is 66.0 cm³/mol. The summed E-state index contributed by atoms with van der Waals surface area (Å²) in [6.07, 6.45) is 12.0. The van der Waals surface area contributed by atoms with Crippen molar-refractivity contribution in [2.45, 2.75) is 58.0 Å². The second kappa shape index (κ2) is 5.48. The summed E-state index contributed by atoms with van der Waals surface area (Å²) in [5.74, 6) is 0.833. The first-order valence-electron chi connectivity index (χ1n) is 6.57. The Morgan fingerprint density at radius 2 is 2.19 bits per heavy atom. The van der Waals surface area contributed by atoms with E-state index in [1.54, 1.807) is 0 Å². The summed E-state index contributed by atoms with van der Waals surface area (Å²) < 4.78 is 2.08. The fraction of sp³-hybridized carbons (Fsp3) is 0.769. The van der Waals surface area contributed by atoms with Crippen molar-refractivity contribution in [2.75, 3.05) is 0 Å². The predicted octanol–water partition coefficient (Wildman–Crippen LogP) is 2.87. The Bertz CT molecular complexity index is 313. The van der Waals surface area contributed by atoms with Gasteiger partial charge in [-0.25, -0.2) is 0 Å². The zero-order valence-corrected chi connectivity index (χ0v) is 10.2. The molecule has 2 N–H and O–H groups in total. The monoisotopic (exact) mass is 221 g/mol. The highest BCUT2D eigenvalue weighted by atomic mass is 15.3. The van der Waals surface area contributed by atoms with Crippen LogP contribution < -0.4 is 5.73 Å². The van der Waals surface area contributed by atoms with Crippen molar-refractivity contribution in [1.82, 2.24) is 9.78 Å². The van der Waals surface area contributed by atoms with Crippen molar-refractivity contribution in [1.29, 1.82) is 0 Å². The van der Waals surface area contributed by atoms with Crippen LogP contribution in [-0.4, -0.2) is 9.78 Å². The van der Waals surface area contributed by atoms with E-state index in [1.807, 2.05) is 6.20 Å². The minimum atomic E-state index is 0.153. The van der Waals surface area contributed by atoms with Gasteiger partial charge in [-0.2, -0.15) is 5.10 Å². The van der Waals surface area contributed by atoms with Gasteiger partial charge in [0.05, 0.1) is 6.20 Å². The van der Waals surface area contributed by atoms with Crippen molar-refractivity contribution in [3.05, 3.63) is 18.0 Å². The molecule has 1 heterocycles. The molecule has 1 saturated carbocycles. The van der Waals surface area contributed by atoms with E-state index in [4.69, 9.17) is 5.73 Å². The number of nitrogens with zero attached hydrogens (tertiary/aromatic N) is 2. The van der Waals surface area contributed by atoms with E-state index < -0.39 is 0 Å². The van der Waals surface area contributed by atoms with E-state index in [9.17, 15) is 0 Å². The molecule has 0 radical (unpaired) electrons. The molecule has 3 nitrogen and oxygen atoms in total. The van der Waals surface area contributed by atoms with E-state index >= 15 is 0 Å². The molecule has 1 fully saturated rings. The fourth-order valence-corrected chi connectivity index (χ4v) is 2.54. The summed E-state index contributed by atoms with van der Waals surface area (Å²) >= 11 is 0. The quantitative estimate of drug-likeness (QED) is 0.849. The van der Waals surface area contributed by atoms with Crippen molar-refractivity contribution in [2.24, 2.45) is 11.7 Å². The van der Waals surface area contributed by atoms with Gasteiger partial charge in [0.15, 0.2) is 0 Å². The Labute approximate surface area is 98.0 Å². The highest BCUT2D eigenvalue weighted by Crippen LogP contribution is 2.25. The van der Waals surface area contributed by atoms with Crippen molar-refractivity contribution < 1.29 is 0 Å². The first-order valence-corrected chi connectivity index (χ1v) is 6.57. The topological polar surface area (TPSA) is 43.8 Å². The van der Waals surface area contributed by atoms with Crippen LogP contribution in [0.5, 0.6) is 0 Å². The van der Waals surface area contributed by atoms with Crippen molar-refractivity contribution >= 4 is 0 Å². The van der Waals surface area contributed by atoms with Crippen LogP contribution in [0.4, 0.5) is 0 Å². The standard InChI is InChI=1S/C13H23N3/c1-2-13(14)12-8-15-16(10-12)9-11-6-4-3-5-7-11/h8,10-11,13H,2-7,9,14H2,1H3. The Balaban J connectivity index is 1.91. The highest BCUT2D eigenvalue weighted by Gasteiger charge is 2.15. The number of rotatable bonds is 4. The van der Waals surface area contributed by atoms with Gasteiger partial charge in [-0.3, -0.25) is 4.68 Å². The zero-order chi connectivity index (χ0) is 11.4. The van der Waals surface area contributed by atoms with Gasteiger partial charge >= 0.3 is 0 Å². The van der Waals surface area contributed by atoms with Gasteiger partial charge in [-0.15, -0.1) is 0 Å². The first kappa shape index (κ1) is 11.6. The van der Waals surface area contributed by atoms with Crippen LogP contribution in [0.25, 0.3) is 0 Å². The molecule has 1 atom stereocenters. The lowest BCUT2D eigenvalue weighted by Crippen LogP contribution is -2.14.